The fraction of sp³-hybridized carbons (Fsp3) is 0.458. The van der Waals surface area contributed by atoms with E-state index < -0.39 is 0 Å². The highest BCUT2D eigenvalue weighted by atomic mass is 16.5. The Morgan fingerprint density at radius 2 is 2.12 bits per heavy atom. The minimum absolute atomic E-state index is 0.136. The van der Waals surface area contributed by atoms with E-state index in [1.807, 2.05) is 26.0 Å². The maximum atomic E-state index is 12.7. The number of aromatic nitrogens is 4. The fourth-order valence-corrected chi connectivity index (χ4v) is 4.35. The molecule has 8 heteroatoms. The van der Waals surface area contributed by atoms with Crippen molar-refractivity contribution < 1.29 is 9.53 Å². The number of hydrogen-bond acceptors (Lipinski definition) is 6. The molecule has 32 heavy (non-hydrogen) atoms. The lowest BCUT2D eigenvalue weighted by molar-refractivity contribution is -0.116. The van der Waals surface area contributed by atoms with Gasteiger partial charge in [0.05, 0.1) is 12.8 Å². The molecule has 4 rings (SSSR count). The van der Waals surface area contributed by atoms with Crippen molar-refractivity contribution in [2.75, 3.05) is 11.9 Å². The number of pyridine rings is 1. The first-order chi connectivity index (χ1) is 15.6. The summed E-state index contributed by atoms with van der Waals surface area (Å²) in [6.45, 7) is 4.48. The predicted molar refractivity (Wildman–Crippen MR) is 120 cm³/mol. The third-order valence-corrected chi connectivity index (χ3v) is 6.16. The lowest BCUT2D eigenvalue weighted by Gasteiger charge is -2.22. The zero-order valence-electron chi connectivity index (χ0n) is 18.6. The molecule has 0 bridgehead atoms. The van der Waals surface area contributed by atoms with Gasteiger partial charge in [-0.3, -0.25) is 4.79 Å². The van der Waals surface area contributed by atoms with Gasteiger partial charge in [-0.15, -0.1) is 0 Å². The van der Waals surface area contributed by atoms with E-state index >= 15 is 0 Å². The largest absolute Gasteiger partial charge is 0.489 e. The molecule has 0 atom stereocenters. The quantitative estimate of drug-likeness (QED) is 0.601. The van der Waals surface area contributed by atoms with E-state index in [0.29, 0.717) is 41.7 Å². The van der Waals surface area contributed by atoms with Crippen LogP contribution in [0.2, 0.25) is 0 Å². The van der Waals surface area contributed by atoms with E-state index in [9.17, 15) is 10.1 Å². The number of nitrogens with one attached hydrogen (secondary N) is 1. The number of hydrogen-bond donors (Lipinski definition) is 1. The Balaban J connectivity index is 1.40. The summed E-state index contributed by atoms with van der Waals surface area (Å²) >= 11 is 0. The number of anilines is 1. The maximum Gasteiger partial charge on any atom is 0.225 e. The van der Waals surface area contributed by atoms with Crippen LogP contribution in [0.4, 0.5) is 5.82 Å². The van der Waals surface area contributed by atoms with Crippen molar-refractivity contribution in [3.63, 3.8) is 0 Å². The zero-order valence-corrected chi connectivity index (χ0v) is 18.6. The standard InChI is InChI=1S/C24H28N6O2/c1-16-20(17(2)30-24(28-16)19(13-25)14-27-30)10-11-22(31)29-23-21(9-6-12-26-23)32-15-18-7-4-3-5-8-18/h6,9,12,14,18H,3-5,7-8,10-11,15H2,1-2H3,(H,26,29,31). The van der Waals surface area contributed by atoms with Crippen LogP contribution in [-0.2, 0) is 11.2 Å². The molecule has 3 heterocycles. The first-order valence-electron chi connectivity index (χ1n) is 11.2. The van der Waals surface area contributed by atoms with E-state index in [-0.39, 0.29) is 12.3 Å². The smallest absolute Gasteiger partial charge is 0.225 e. The van der Waals surface area contributed by atoms with E-state index in [4.69, 9.17) is 4.74 Å². The SMILES string of the molecule is Cc1nc2c(C#N)cnn2c(C)c1CCC(=O)Nc1ncccc1OCC1CCCCC1. The van der Waals surface area contributed by atoms with Crippen LogP contribution in [0.5, 0.6) is 5.75 Å². The first kappa shape index (κ1) is 21.8. The van der Waals surface area contributed by atoms with Crippen LogP contribution in [-0.4, -0.2) is 32.1 Å². The fourth-order valence-electron chi connectivity index (χ4n) is 4.35. The number of ether oxygens (including phenoxy) is 1. The number of nitrogens with zero attached hydrogens (tertiary/aromatic N) is 5. The van der Waals surface area contributed by atoms with Gasteiger partial charge in [-0.1, -0.05) is 19.3 Å². The van der Waals surface area contributed by atoms with Crippen molar-refractivity contribution >= 4 is 17.4 Å². The van der Waals surface area contributed by atoms with Crippen molar-refractivity contribution in [2.45, 2.75) is 58.8 Å². The number of amides is 1. The summed E-state index contributed by atoms with van der Waals surface area (Å²) < 4.78 is 7.68. The molecule has 3 aromatic heterocycles. The lowest BCUT2D eigenvalue weighted by atomic mass is 9.90. The van der Waals surface area contributed by atoms with E-state index in [2.05, 4.69) is 26.5 Å². The monoisotopic (exact) mass is 432 g/mol. The number of nitriles is 1. The number of aryl methyl sites for hydroxylation is 2. The molecule has 1 aliphatic rings. The van der Waals surface area contributed by atoms with Gasteiger partial charge < -0.3 is 10.1 Å². The zero-order chi connectivity index (χ0) is 22.5. The maximum absolute atomic E-state index is 12.7. The first-order valence-corrected chi connectivity index (χ1v) is 11.2. The van der Waals surface area contributed by atoms with Gasteiger partial charge in [0, 0.05) is 24.0 Å². The van der Waals surface area contributed by atoms with Crippen molar-refractivity contribution in [3.05, 3.63) is 47.0 Å². The minimum atomic E-state index is -0.136. The van der Waals surface area contributed by atoms with Crippen molar-refractivity contribution in [3.8, 4) is 11.8 Å². The molecule has 1 fully saturated rings. The van der Waals surface area contributed by atoms with Gasteiger partial charge in [-0.2, -0.15) is 10.4 Å². The lowest BCUT2D eigenvalue weighted by Crippen LogP contribution is -2.18. The van der Waals surface area contributed by atoms with Crippen molar-refractivity contribution in [1.29, 1.82) is 5.26 Å². The van der Waals surface area contributed by atoms with Crippen molar-refractivity contribution in [2.24, 2.45) is 5.92 Å². The Kier molecular flexibility index (Phi) is 6.64. The molecule has 1 amide bonds. The molecule has 1 N–H and O–H groups in total. The van der Waals surface area contributed by atoms with Gasteiger partial charge in [0.25, 0.3) is 0 Å². The number of carbonyl (C=O) groups excluding carboxylic acids is 1. The molecule has 3 aromatic rings. The molecule has 8 nitrogen and oxygen atoms in total. The second kappa shape index (κ2) is 9.77. The Morgan fingerprint density at radius 1 is 1.31 bits per heavy atom. The Labute approximate surface area is 187 Å². The van der Waals surface area contributed by atoms with Crippen molar-refractivity contribution in [1.82, 2.24) is 19.6 Å². The summed E-state index contributed by atoms with van der Waals surface area (Å²) in [5.41, 5.74) is 3.63. The second-order valence-electron chi connectivity index (χ2n) is 8.38. The third kappa shape index (κ3) is 4.72. The van der Waals surface area contributed by atoms with Gasteiger partial charge >= 0.3 is 0 Å². The van der Waals surface area contributed by atoms with Gasteiger partial charge in [-0.05, 0) is 56.7 Å². The predicted octanol–water partition coefficient (Wildman–Crippen LogP) is 4.14. The van der Waals surface area contributed by atoms with E-state index in [1.165, 1.54) is 38.3 Å². The molecule has 0 saturated heterocycles. The molecule has 0 spiro atoms. The Bertz CT molecular complexity index is 1160. The van der Waals surface area contributed by atoms with E-state index in [0.717, 1.165) is 17.0 Å². The molecule has 0 aromatic carbocycles. The van der Waals surface area contributed by atoms with Crippen LogP contribution in [0.25, 0.3) is 5.65 Å². The van der Waals surface area contributed by atoms with Crippen LogP contribution >= 0.6 is 0 Å². The van der Waals surface area contributed by atoms with Crippen LogP contribution < -0.4 is 10.1 Å². The van der Waals surface area contributed by atoms with Gasteiger partial charge in [0.1, 0.15) is 11.6 Å². The van der Waals surface area contributed by atoms with E-state index in [1.54, 1.807) is 10.7 Å². The third-order valence-electron chi connectivity index (χ3n) is 6.16. The molecule has 0 radical (unpaired) electrons. The van der Waals surface area contributed by atoms with Gasteiger partial charge in [-0.25, -0.2) is 14.5 Å². The molecule has 1 saturated carbocycles. The van der Waals surface area contributed by atoms with Crippen LogP contribution in [0.1, 0.15) is 61.0 Å². The highest BCUT2D eigenvalue weighted by molar-refractivity contribution is 5.91. The number of rotatable bonds is 7. The average molecular weight is 433 g/mol. The van der Waals surface area contributed by atoms with Crippen LogP contribution in [0.15, 0.2) is 24.5 Å². The molecule has 166 valence electrons. The number of fused-ring (bicyclic) bond motifs is 1. The Hall–Kier alpha value is -3.47. The minimum Gasteiger partial charge on any atom is -0.489 e. The second-order valence-corrected chi connectivity index (χ2v) is 8.38. The summed E-state index contributed by atoms with van der Waals surface area (Å²) in [5, 5.41) is 16.4. The Morgan fingerprint density at radius 3 is 2.91 bits per heavy atom. The molecule has 1 aliphatic carbocycles. The van der Waals surface area contributed by atoms with Crippen LogP contribution in [0.3, 0.4) is 0 Å². The average Bonchev–Trinajstić information content (AvgIpc) is 3.22. The number of carbonyl (C=O) groups is 1. The summed E-state index contributed by atoms with van der Waals surface area (Å²) in [7, 11) is 0. The summed E-state index contributed by atoms with van der Waals surface area (Å²) in [6.07, 6.45) is 10.2. The normalized spacial score (nSPS) is 14.3. The topological polar surface area (TPSA) is 105 Å². The summed E-state index contributed by atoms with van der Waals surface area (Å²) in [6, 6.07) is 5.78. The molecular weight excluding hydrogens is 404 g/mol. The molecular formula is C24H28N6O2. The highest BCUT2D eigenvalue weighted by Gasteiger charge is 2.17. The van der Waals surface area contributed by atoms with Gasteiger partial charge in [0.15, 0.2) is 17.2 Å². The van der Waals surface area contributed by atoms with Crippen LogP contribution in [0, 0.1) is 31.1 Å². The summed E-state index contributed by atoms with van der Waals surface area (Å²) in [5.74, 6) is 1.51. The molecule has 0 aliphatic heterocycles. The molecule has 0 unspecified atom stereocenters. The summed E-state index contributed by atoms with van der Waals surface area (Å²) in [4.78, 5) is 21.5. The highest BCUT2D eigenvalue weighted by Crippen LogP contribution is 2.27. The van der Waals surface area contributed by atoms with Gasteiger partial charge in [0.2, 0.25) is 5.91 Å².